The first-order chi connectivity index (χ1) is 8.52. The predicted octanol–water partition coefficient (Wildman–Crippen LogP) is 2.00. The Morgan fingerprint density at radius 3 is 2.72 bits per heavy atom. The van der Waals surface area contributed by atoms with Gasteiger partial charge in [-0.2, -0.15) is 0 Å². The van der Waals surface area contributed by atoms with Crippen molar-refractivity contribution >= 4 is 23.6 Å². The third kappa shape index (κ3) is 4.63. The fourth-order valence-corrected chi connectivity index (χ4v) is 1.59. The molecule has 3 N–H and O–H groups in total. The molecular formula is C12H15ClN2O3. The van der Waals surface area contributed by atoms with Crippen molar-refractivity contribution in [3.05, 3.63) is 34.9 Å². The Morgan fingerprint density at radius 2 is 2.17 bits per heavy atom. The molecule has 0 saturated carbocycles. The Kier molecular flexibility index (Phi) is 5.45. The lowest BCUT2D eigenvalue weighted by Gasteiger charge is -2.13. The van der Waals surface area contributed by atoms with Crippen LogP contribution in [0.3, 0.4) is 0 Å². The van der Waals surface area contributed by atoms with Crippen LogP contribution in [-0.4, -0.2) is 23.1 Å². The maximum atomic E-state index is 11.5. The summed E-state index contributed by atoms with van der Waals surface area (Å²) in [6.07, 6.45) is 0.333. The third-order valence-electron chi connectivity index (χ3n) is 2.35. The van der Waals surface area contributed by atoms with Gasteiger partial charge in [-0.15, -0.1) is 0 Å². The Balaban J connectivity index is 2.44. The van der Waals surface area contributed by atoms with Gasteiger partial charge in [0.2, 0.25) is 0 Å². The van der Waals surface area contributed by atoms with Crippen molar-refractivity contribution in [2.45, 2.75) is 25.9 Å². The molecule has 18 heavy (non-hydrogen) atoms. The Morgan fingerprint density at radius 1 is 1.44 bits per heavy atom. The topological polar surface area (TPSA) is 78.4 Å². The predicted molar refractivity (Wildman–Crippen MR) is 68.5 cm³/mol. The van der Waals surface area contributed by atoms with E-state index in [1.54, 1.807) is 25.1 Å². The van der Waals surface area contributed by atoms with E-state index in [0.717, 1.165) is 5.56 Å². The lowest BCUT2D eigenvalue weighted by atomic mass is 10.2. The minimum Gasteiger partial charge on any atom is -0.480 e. The quantitative estimate of drug-likeness (QED) is 0.766. The highest BCUT2D eigenvalue weighted by atomic mass is 35.5. The first-order valence-electron chi connectivity index (χ1n) is 5.54. The van der Waals surface area contributed by atoms with Crippen LogP contribution in [0, 0.1) is 0 Å². The number of carbonyl (C=O) groups excluding carboxylic acids is 1. The van der Waals surface area contributed by atoms with Gasteiger partial charge in [0.1, 0.15) is 6.04 Å². The first-order valence-corrected chi connectivity index (χ1v) is 5.92. The molecule has 0 radical (unpaired) electrons. The highest BCUT2D eigenvalue weighted by Gasteiger charge is 2.16. The van der Waals surface area contributed by atoms with Crippen molar-refractivity contribution < 1.29 is 14.7 Å². The first kappa shape index (κ1) is 14.3. The number of rotatable bonds is 5. The molecule has 0 unspecified atom stereocenters. The van der Waals surface area contributed by atoms with Crippen molar-refractivity contribution in [1.82, 2.24) is 10.6 Å². The van der Waals surface area contributed by atoms with Gasteiger partial charge in [0.25, 0.3) is 0 Å². The van der Waals surface area contributed by atoms with Gasteiger partial charge in [-0.1, -0.05) is 30.7 Å². The number of carbonyl (C=O) groups is 2. The summed E-state index contributed by atoms with van der Waals surface area (Å²) in [4.78, 5) is 22.2. The van der Waals surface area contributed by atoms with E-state index in [4.69, 9.17) is 16.7 Å². The Labute approximate surface area is 110 Å². The second-order valence-corrected chi connectivity index (χ2v) is 4.19. The van der Waals surface area contributed by atoms with Crippen LogP contribution in [0.4, 0.5) is 4.79 Å². The minimum atomic E-state index is -1.05. The SMILES string of the molecule is CC[C@@H](NC(=O)NCc1cccc(Cl)c1)C(=O)O. The number of aliphatic carboxylic acids is 1. The van der Waals surface area contributed by atoms with Gasteiger partial charge < -0.3 is 15.7 Å². The second-order valence-electron chi connectivity index (χ2n) is 3.76. The van der Waals surface area contributed by atoms with Crippen LogP contribution in [0.1, 0.15) is 18.9 Å². The molecule has 0 spiro atoms. The zero-order chi connectivity index (χ0) is 13.5. The summed E-state index contributed by atoms with van der Waals surface area (Å²) in [5.74, 6) is -1.05. The monoisotopic (exact) mass is 270 g/mol. The molecule has 0 aromatic heterocycles. The highest BCUT2D eigenvalue weighted by Crippen LogP contribution is 2.10. The number of nitrogens with one attached hydrogen (secondary N) is 2. The van der Waals surface area contributed by atoms with Crippen LogP contribution in [0.2, 0.25) is 5.02 Å². The van der Waals surface area contributed by atoms with Crippen LogP contribution in [0.25, 0.3) is 0 Å². The molecule has 1 rings (SSSR count). The summed E-state index contributed by atoms with van der Waals surface area (Å²) in [5.41, 5.74) is 0.848. The van der Waals surface area contributed by atoms with Gasteiger partial charge in [0.05, 0.1) is 0 Å². The van der Waals surface area contributed by atoms with E-state index < -0.39 is 18.0 Å². The minimum absolute atomic E-state index is 0.294. The van der Waals surface area contributed by atoms with Crippen LogP contribution in [-0.2, 0) is 11.3 Å². The van der Waals surface area contributed by atoms with Crippen molar-refractivity contribution in [3.8, 4) is 0 Å². The third-order valence-corrected chi connectivity index (χ3v) is 2.59. The molecule has 0 bridgehead atoms. The summed E-state index contributed by atoms with van der Waals surface area (Å²) >= 11 is 5.80. The molecule has 98 valence electrons. The van der Waals surface area contributed by atoms with E-state index in [9.17, 15) is 9.59 Å². The van der Waals surface area contributed by atoms with E-state index in [2.05, 4.69) is 10.6 Å². The number of hydrogen-bond donors (Lipinski definition) is 3. The average Bonchev–Trinajstić information content (AvgIpc) is 2.33. The van der Waals surface area contributed by atoms with E-state index in [-0.39, 0.29) is 0 Å². The van der Waals surface area contributed by atoms with Crippen LogP contribution in [0.5, 0.6) is 0 Å². The van der Waals surface area contributed by atoms with Crippen molar-refractivity contribution in [3.63, 3.8) is 0 Å². The Hall–Kier alpha value is -1.75. The van der Waals surface area contributed by atoms with Gasteiger partial charge in [-0.3, -0.25) is 0 Å². The van der Waals surface area contributed by atoms with Gasteiger partial charge in [-0.25, -0.2) is 9.59 Å². The number of halogens is 1. The summed E-state index contributed by atoms with van der Waals surface area (Å²) in [7, 11) is 0. The largest absolute Gasteiger partial charge is 0.480 e. The molecule has 0 aliphatic carbocycles. The summed E-state index contributed by atoms with van der Waals surface area (Å²) in [6, 6.07) is 5.69. The van der Waals surface area contributed by atoms with E-state index in [1.165, 1.54) is 0 Å². The molecule has 0 saturated heterocycles. The smallest absolute Gasteiger partial charge is 0.326 e. The van der Waals surface area contributed by atoms with Gasteiger partial charge in [0.15, 0.2) is 0 Å². The lowest BCUT2D eigenvalue weighted by Crippen LogP contribution is -2.45. The molecule has 1 aromatic carbocycles. The van der Waals surface area contributed by atoms with E-state index >= 15 is 0 Å². The maximum absolute atomic E-state index is 11.5. The average molecular weight is 271 g/mol. The maximum Gasteiger partial charge on any atom is 0.326 e. The highest BCUT2D eigenvalue weighted by molar-refractivity contribution is 6.30. The molecule has 2 amide bonds. The molecule has 0 fully saturated rings. The number of carboxylic acid groups (broad SMARTS) is 1. The molecule has 0 heterocycles. The van der Waals surface area contributed by atoms with Crippen molar-refractivity contribution in [2.75, 3.05) is 0 Å². The number of amides is 2. The zero-order valence-corrected chi connectivity index (χ0v) is 10.7. The Bertz CT molecular complexity index is 437. The molecule has 0 aliphatic heterocycles. The number of carboxylic acids is 1. The molecule has 1 atom stereocenters. The fraction of sp³-hybridized carbons (Fsp3) is 0.333. The summed E-state index contributed by atoms with van der Waals surface area (Å²) in [6.45, 7) is 1.98. The van der Waals surface area contributed by atoms with E-state index in [1.807, 2.05) is 6.07 Å². The number of hydrogen-bond acceptors (Lipinski definition) is 2. The fourth-order valence-electron chi connectivity index (χ4n) is 1.38. The molecule has 1 aromatic rings. The standard InChI is InChI=1S/C12H15ClN2O3/c1-2-10(11(16)17)15-12(18)14-7-8-4-3-5-9(13)6-8/h3-6,10H,2,7H2,1H3,(H,16,17)(H2,14,15,18)/t10-/m1/s1. The molecule has 6 heteroatoms. The van der Waals surface area contributed by atoms with Gasteiger partial charge in [-0.05, 0) is 24.1 Å². The normalized spacial score (nSPS) is 11.7. The second kappa shape index (κ2) is 6.86. The van der Waals surface area contributed by atoms with Crippen LogP contribution < -0.4 is 10.6 Å². The van der Waals surface area contributed by atoms with Crippen molar-refractivity contribution in [1.29, 1.82) is 0 Å². The van der Waals surface area contributed by atoms with E-state index in [0.29, 0.717) is 18.0 Å². The number of urea groups is 1. The van der Waals surface area contributed by atoms with Crippen LogP contribution in [0.15, 0.2) is 24.3 Å². The van der Waals surface area contributed by atoms with Crippen LogP contribution >= 0.6 is 11.6 Å². The zero-order valence-electron chi connectivity index (χ0n) is 9.94. The molecule has 5 nitrogen and oxygen atoms in total. The number of benzene rings is 1. The van der Waals surface area contributed by atoms with Crippen molar-refractivity contribution in [2.24, 2.45) is 0 Å². The van der Waals surface area contributed by atoms with Gasteiger partial charge in [0, 0.05) is 11.6 Å². The summed E-state index contributed by atoms with van der Waals surface area (Å²) in [5, 5.41) is 14.3. The lowest BCUT2D eigenvalue weighted by molar-refractivity contribution is -0.139. The summed E-state index contributed by atoms with van der Waals surface area (Å²) < 4.78 is 0. The van der Waals surface area contributed by atoms with Gasteiger partial charge >= 0.3 is 12.0 Å². The molecule has 0 aliphatic rings. The molecular weight excluding hydrogens is 256 g/mol.